The van der Waals surface area contributed by atoms with Gasteiger partial charge in [-0.2, -0.15) is 0 Å². The van der Waals surface area contributed by atoms with Crippen LogP contribution in [0.4, 0.5) is 0 Å². The molecule has 0 radical (unpaired) electrons. The Bertz CT molecular complexity index is 468. The minimum atomic E-state index is 0.283. The second-order valence-corrected chi connectivity index (χ2v) is 4.16. The van der Waals surface area contributed by atoms with Crippen LogP contribution in [0.1, 0.15) is 29.9 Å². The highest BCUT2D eigenvalue weighted by atomic mass is 14.9. The Hall–Kier alpha value is -1.74. The fourth-order valence-corrected chi connectivity index (χ4v) is 1.71. The van der Waals surface area contributed by atoms with Crippen molar-refractivity contribution in [3.8, 4) is 0 Å². The normalized spacial score (nSPS) is 12.4. The molecule has 17 heavy (non-hydrogen) atoms. The van der Waals surface area contributed by atoms with E-state index >= 15 is 0 Å². The summed E-state index contributed by atoms with van der Waals surface area (Å²) >= 11 is 0. The first-order valence-corrected chi connectivity index (χ1v) is 5.81. The van der Waals surface area contributed by atoms with Crippen molar-refractivity contribution >= 4 is 0 Å². The van der Waals surface area contributed by atoms with Gasteiger partial charge >= 0.3 is 0 Å². The lowest BCUT2D eigenvalue weighted by Crippen LogP contribution is -2.18. The standard InChI is InChI=1S/C14H17N3/c1-11-5-3-7-14(17-11)10-16-12(2)13-6-4-8-15-9-13/h3-9,12,16H,10H2,1-2H3/t12-/m0/s1. The van der Waals surface area contributed by atoms with Crippen LogP contribution in [-0.2, 0) is 6.54 Å². The smallest absolute Gasteiger partial charge is 0.0545 e. The number of nitrogens with zero attached hydrogens (tertiary/aromatic N) is 2. The van der Waals surface area contributed by atoms with Gasteiger partial charge in [-0.05, 0) is 37.6 Å². The van der Waals surface area contributed by atoms with Crippen LogP contribution in [0, 0.1) is 6.92 Å². The van der Waals surface area contributed by atoms with Crippen molar-refractivity contribution in [2.45, 2.75) is 26.4 Å². The molecule has 0 aliphatic heterocycles. The summed E-state index contributed by atoms with van der Waals surface area (Å²) in [4.78, 5) is 8.58. The number of hydrogen-bond donors (Lipinski definition) is 1. The Morgan fingerprint density at radius 3 is 2.82 bits per heavy atom. The van der Waals surface area contributed by atoms with Crippen molar-refractivity contribution in [1.82, 2.24) is 15.3 Å². The van der Waals surface area contributed by atoms with Gasteiger partial charge < -0.3 is 5.32 Å². The SMILES string of the molecule is Cc1cccc(CN[C@@H](C)c2cccnc2)n1. The van der Waals surface area contributed by atoms with Crippen LogP contribution in [0.5, 0.6) is 0 Å². The molecule has 2 heterocycles. The molecular weight excluding hydrogens is 210 g/mol. The van der Waals surface area contributed by atoms with E-state index in [-0.39, 0.29) is 6.04 Å². The molecule has 0 saturated heterocycles. The van der Waals surface area contributed by atoms with Gasteiger partial charge in [0.1, 0.15) is 0 Å². The van der Waals surface area contributed by atoms with Crippen molar-refractivity contribution in [3.05, 3.63) is 59.7 Å². The Balaban J connectivity index is 1.95. The highest BCUT2D eigenvalue weighted by Crippen LogP contribution is 2.10. The number of aryl methyl sites for hydroxylation is 1. The minimum absolute atomic E-state index is 0.283. The van der Waals surface area contributed by atoms with Gasteiger partial charge in [0.15, 0.2) is 0 Å². The van der Waals surface area contributed by atoms with Crippen LogP contribution in [0.2, 0.25) is 0 Å². The lowest BCUT2D eigenvalue weighted by Gasteiger charge is -2.13. The lowest BCUT2D eigenvalue weighted by atomic mass is 10.1. The van der Waals surface area contributed by atoms with Crippen molar-refractivity contribution in [3.63, 3.8) is 0 Å². The lowest BCUT2D eigenvalue weighted by molar-refractivity contribution is 0.565. The molecule has 0 fully saturated rings. The van der Waals surface area contributed by atoms with Gasteiger partial charge in [0.05, 0.1) is 5.69 Å². The zero-order valence-electron chi connectivity index (χ0n) is 10.2. The van der Waals surface area contributed by atoms with E-state index < -0.39 is 0 Å². The first kappa shape index (κ1) is 11.7. The van der Waals surface area contributed by atoms with E-state index in [0.717, 1.165) is 17.9 Å². The predicted octanol–water partition coefficient (Wildman–Crippen LogP) is 2.64. The molecule has 1 N–H and O–H groups in total. The summed E-state index contributed by atoms with van der Waals surface area (Å²) in [6.07, 6.45) is 3.68. The first-order chi connectivity index (χ1) is 8.25. The zero-order chi connectivity index (χ0) is 12.1. The Labute approximate surface area is 102 Å². The van der Waals surface area contributed by atoms with E-state index in [0.29, 0.717) is 0 Å². The van der Waals surface area contributed by atoms with Gasteiger partial charge in [-0.25, -0.2) is 0 Å². The van der Waals surface area contributed by atoms with Crippen LogP contribution in [-0.4, -0.2) is 9.97 Å². The van der Waals surface area contributed by atoms with Crippen LogP contribution in [0.25, 0.3) is 0 Å². The van der Waals surface area contributed by atoms with Gasteiger partial charge in [-0.3, -0.25) is 9.97 Å². The van der Waals surface area contributed by atoms with Crippen LogP contribution >= 0.6 is 0 Å². The van der Waals surface area contributed by atoms with Gasteiger partial charge in [-0.1, -0.05) is 12.1 Å². The van der Waals surface area contributed by atoms with E-state index in [2.05, 4.69) is 28.3 Å². The number of aromatic nitrogens is 2. The molecule has 0 bridgehead atoms. The number of hydrogen-bond acceptors (Lipinski definition) is 3. The average molecular weight is 227 g/mol. The molecule has 88 valence electrons. The Morgan fingerprint density at radius 2 is 2.12 bits per heavy atom. The number of pyridine rings is 2. The molecule has 0 amide bonds. The third-order valence-corrected chi connectivity index (χ3v) is 2.72. The van der Waals surface area contributed by atoms with Gasteiger partial charge in [0.2, 0.25) is 0 Å². The largest absolute Gasteiger partial charge is 0.305 e. The summed E-state index contributed by atoms with van der Waals surface area (Å²) in [5.74, 6) is 0. The summed E-state index contributed by atoms with van der Waals surface area (Å²) in [5.41, 5.74) is 3.32. The molecule has 0 aliphatic carbocycles. The summed E-state index contributed by atoms with van der Waals surface area (Å²) in [6, 6.07) is 10.4. The minimum Gasteiger partial charge on any atom is -0.305 e. The molecule has 3 nitrogen and oxygen atoms in total. The first-order valence-electron chi connectivity index (χ1n) is 5.81. The topological polar surface area (TPSA) is 37.8 Å². The van der Waals surface area contributed by atoms with Gasteiger partial charge in [0, 0.05) is 30.7 Å². The second-order valence-electron chi connectivity index (χ2n) is 4.16. The molecule has 2 aromatic heterocycles. The molecule has 0 aliphatic rings. The number of rotatable bonds is 4. The van der Waals surface area contributed by atoms with Crippen molar-refractivity contribution < 1.29 is 0 Å². The van der Waals surface area contributed by atoms with Crippen LogP contribution in [0.3, 0.4) is 0 Å². The third-order valence-electron chi connectivity index (χ3n) is 2.72. The number of nitrogens with one attached hydrogen (secondary N) is 1. The molecule has 2 aromatic rings. The monoisotopic (exact) mass is 227 g/mol. The summed E-state index contributed by atoms with van der Waals surface area (Å²) in [5, 5.41) is 3.44. The van der Waals surface area contributed by atoms with E-state index in [4.69, 9.17) is 0 Å². The van der Waals surface area contributed by atoms with Crippen molar-refractivity contribution in [2.24, 2.45) is 0 Å². The van der Waals surface area contributed by atoms with Crippen molar-refractivity contribution in [2.75, 3.05) is 0 Å². The highest BCUT2D eigenvalue weighted by molar-refractivity contribution is 5.14. The van der Waals surface area contributed by atoms with E-state index in [1.165, 1.54) is 5.56 Å². The molecule has 0 aromatic carbocycles. The molecule has 0 unspecified atom stereocenters. The fraction of sp³-hybridized carbons (Fsp3) is 0.286. The quantitative estimate of drug-likeness (QED) is 0.872. The molecule has 0 saturated carbocycles. The molecular formula is C14H17N3. The van der Waals surface area contributed by atoms with Crippen LogP contribution in [0.15, 0.2) is 42.7 Å². The second kappa shape index (κ2) is 5.55. The fourth-order valence-electron chi connectivity index (χ4n) is 1.71. The maximum absolute atomic E-state index is 4.46. The molecule has 3 heteroatoms. The average Bonchev–Trinajstić information content (AvgIpc) is 2.37. The van der Waals surface area contributed by atoms with Crippen LogP contribution < -0.4 is 5.32 Å². The molecule has 1 atom stereocenters. The van der Waals surface area contributed by atoms with E-state index in [9.17, 15) is 0 Å². The Kier molecular flexibility index (Phi) is 3.83. The molecule has 2 rings (SSSR count). The zero-order valence-corrected chi connectivity index (χ0v) is 10.2. The van der Waals surface area contributed by atoms with Gasteiger partial charge in [0.25, 0.3) is 0 Å². The maximum atomic E-state index is 4.46. The van der Waals surface area contributed by atoms with Crippen molar-refractivity contribution in [1.29, 1.82) is 0 Å². The Morgan fingerprint density at radius 1 is 1.24 bits per heavy atom. The van der Waals surface area contributed by atoms with E-state index in [1.54, 1.807) is 6.20 Å². The third kappa shape index (κ3) is 3.36. The summed E-state index contributed by atoms with van der Waals surface area (Å²) in [6.45, 7) is 4.92. The summed E-state index contributed by atoms with van der Waals surface area (Å²) < 4.78 is 0. The maximum Gasteiger partial charge on any atom is 0.0545 e. The van der Waals surface area contributed by atoms with E-state index in [1.807, 2.05) is 37.4 Å². The summed E-state index contributed by atoms with van der Waals surface area (Å²) in [7, 11) is 0. The molecule has 0 spiro atoms. The highest BCUT2D eigenvalue weighted by Gasteiger charge is 2.04. The predicted molar refractivity (Wildman–Crippen MR) is 68.5 cm³/mol. The van der Waals surface area contributed by atoms with Gasteiger partial charge in [-0.15, -0.1) is 0 Å².